The van der Waals surface area contributed by atoms with Crippen LogP contribution in [-0.4, -0.2) is 0 Å². The van der Waals surface area contributed by atoms with Crippen molar-refractivity contribution < 1.29 is 0 Å². The summed E-state index contributed by atoms with van der Waals surface area (Å²) in [6, 6.07) is 2.36. The van der Waals surface area contributed by atoms with Crippen molar-refractivity contribution in [2.45, 2.75) is 32.6 Å². The quantitative estimate of drug-likeness (QED) is 0.536. The van der Waals surface area contributed by atoms with Gasteiger partial charge in [-0.1, -0.05) is 6.92 Å². The lowest BCUT2D eigenvalue weighted by Gasteiger charge is -1.97. The van der Waals surface area contributed by atoms with Crippen LogP contribution < -0.4 is 0 Å². The molecule has 0 N–H and O–H groups in total. The minimum Gasteiger partial charge on any atom is -0.145 e. The van der Waals surface area contributed by atoms with Crippen molar-refractivity contribution in [3.05, 3.63) is 21.4 Å². The van der Waals surface area contributed by atoms with Gasteiger partial charge in [-0.25, -0.2) is 0 Å². The average Bonchev–Trinajstić information content (AvgIpc) is 2.35. The maximum Gasteiger partial charge on any atom is 0.00829 e. The first-order valence-electron chi connectivity index (χ1n) is 3.86. The summed E-state index contributed by atoms with van der Waals surface area (Å²) in [5.74, 6) is 0.833. The van der Waals surface area contributed by atoms with E-state index in [-0.39, 0.29) is 0 Å². The first-order valence-corrected chi connectivity index (χ1v) is 4.68. The molecular weight excluding hydrogens is 140 g/mol. The summed E-state index contributed by atoms with van der Waals surface area (Å²) in [7, 11) is 0. The maximum absolute atomic E-state index is 2.36. The minimum absolute atomic E-state index is 0.833. The predicted octanol–water partition coefficient (Wildman–Crippen LogP) is 3.11. The molecule has 54 valence electrons. The van der Waals surface area contributed by atoms with Gasteiger partial charge in [0.15, 0.2) is 0 Å². The molecule has 0 nitrogen and oxygen atoms in total. The normalized spacial score (nSPS) is 23.2. The van der Waals surface area contributed by atoms with Crippen LogP contribution in [0.3, 0.4) is 0 Å². The summed E-state index contributed by atoms with van der Waals surface area (Å²) in [5.41, 5.74) is 1.63. The van der Waals surface area contributed by atoms with Crippen molar-refractivity contribution >= 4 is 11.3 Å². The van der Waals surface area contributed by atoms with Gasteiger partial charge in [-0.2, -0.15) is 0 Å². The molecule has 10 heavy (non-hydrogen) atoms. The zero-order chi connectivity index (χ0) is 7.14. The molecular formula is C9H12S. The van der Waals surface area contributed by atoms with Crippen molar-refractivity contribution in [1.82, 2.24) is 0 Å². The number of aryl methyl sites for hydroxylation is 2. The Labute approximate surface area is 65.9 Å². The monoisotopic (exact) mass is 152 g/mol. The van der Waals surface area contributed by atoms with E-state index in [0.717, 1.165) is 5.92 Å². The molecule has 1 unspecified atom stereocenters. The van der Waals surface area contributed by atoms with Crippen molar-refractivity contribution in [3.8, 4) is 0 Å². The van der Waals surface area contributed by atoms with Crippen LogP contribution in [0, 0.1) is 6.92 Å². The Bertz CT molecular complexity index is 247. The molecule has 0 amide bonds. The topological polar surface area (TPSA) is 0 Å². The van der Waals surface area contributed by atoms with E-state index < -0.39 is 0 Å². The third-order valence-electron chi connectivity index (χ3n) is 2.30. The molecule has 1 aromatic rings. The predicted molar refractivity (Wildman–Crippen MR) is 45.8 cm³/mol. The van der Waals surface area contributed by atoms with Crippen LogP contribution in [0.1, 0.15) is 34.6 Å². The largest absolute Gasteiger partial charge is 0.145 e. The lowest BCUT2D eigenvalue weighted by Crippen LogP contribution is -1.81. The highest BCUT2D eigenvalue weighted by Gasteiger charge is 2.19. The number of hydrogen-bond acceptors (Lipinski definition) is 1. The summed E-state index contributed by atoms with van der Waals surface area (Å²) in [4.78, 5) is 3.13. The minimum atomic E-state index is 0.833. The molecule has 1 aliphatic carbocycles. The summed E-state index contributed by atoms with van der Waals surface area (Å²) in [5, 5.41) is 0. The highest BCUT2D eigenvalue weighted by molar-refractivity contribution is 7.12. The van der Waals surface area contributed by atoms with Crippen molar-refractivity contribution in [3.63, 3.8) is 0 Å². The third kappa shape index (κ3) is 0.807. The number of fused-ring (bicyclic) bond motifs is 1. The number of rotatable bonds is 0. The van der Waals surface area contributed by atoms with Crippen LogP contribution in [0.15, 0.2) is 6.07 Å². The highest BCUT2D eigenvalue weighted by Crippen LogP contribution is 2.37. The van der Waals surface area contributed by atoms with Gasteiger partial charge in [-0.05, 0) is 37.3 Å². The molecule has 0 spiro atoms. The summed E-state index contributed by atoms with van der Waals surface area (Å²) >= 11 is 1.98. The molecule has 0 saturated carbocycles. The molecule has 0 radical (unpaired) electrons. The number of hydrogen-bond donors (Lipinski definition) is 0. The van der Waals surface area contributed by atoms with E-state index in [2.05, 4.69) is 19.9 Å². The molecule has 0 aliphatic heterocycles. The van der Waals surface area contributed by atoms with E-state index in [1.807, 2.05) is 11.3 Å². The van der Waals surface area contributed by atoms with Crippen LogP contribution in [0.4, 0.5) is 0 Å². The van der Waals surface area contributed by atoms with E-state index >= 15 is 0 Å². The standard InChI is InChI=1S/C9H12S/c1-6-3-4-9-8(6)5-7(2)10-9/h5-6H,3-4H2,1-2H3. The summed E-state index contributed by atoms with van der Waals surface area (Å²) < 4.78 is 0. The molecule has 0 bridgehead atoms. The SMILES string of the molecule is Cc1cc2c(s1)CCC2C. The van der Waals surface area contributed by atoms with E-state index in [1.54, 1.807) is 10.4 Å². The summed E-state index contributed by atoms with van der Waals surface area (Å²) in [6.07, 6.45) is 2.70. The second-order valence-corrected chi connectivity index (χ2v) is 4.52. The van der Waals surface area contributed by atoms with Gasteiger partial charge in [0.1, 0.15) is 0 Å². The van der Waals surface area contributed by atoms with Crippen molar-refractivity contribution in [1.29, 1.82) is 0 Å². The van der Waals surface area contributed by atoms with Gasteiger partial charge < -0.3 is 0 Å². The Balaban J connectivity index is 2.49. The lowest BCUT2D eigenvalue weighted by molar-refractivity contribution is 0.747. The van der Waals surface area contributed by atoms with Crippen LogP contribution in [0.2, 0.25) is 0 Å². The van der Waals surface area contributed by atoms with Crippen molar-refractivity contribution in [2.75, 3.05) is 0 Å². The smallest absolute Gasteiger partial charge is 0.00829 e. The molecule has 1 aliphatic rings. The van der Waals surface area contributed by atoms with Crippen LogP contribution in [-0.2, 0) is 6.42 Å². The Morgan fingerprint density at radius 2 is 2.40 bits per heavy atom. The fraction of sp³-hybridized carbons (Fsp3) is 0.556. The first-order chi connectivity index (χ1) is 4.77. The summed E-state index contributed by atoms with van der Waals surface area (Å²) in [6.45, 7) is 4.54. The molecule has 0 fully saturated rings. The molecule has 2 rings (SSSR count). The van der Waals surface area contributed by atoms with E-state index in [9.17, 15) is 0 Å². The van der Waals surface area contributed by atoms with Gasteiger partial charge in [0.2, 0.25) is 0 Å². The molecule has 0 saturated heterocycles. The van der Waals surface area contributed by atoms with Crippen LogP contribution in [0.25, 0.3) is 0 Å². The van der Waals surface area contributed by atoms with Gasteiger partial charge >= 0.3 is 0 Å². The van der Waals surface area contributed by atoms with Crippen molar-refractivity contribution in [2.24, 2.45) is 0 Å². The maximum atomic E-state index is 2.36. The second-order valence-electron chi connectivity index (χ2n) is 3.18. The fourth-order valence-electron chi connectivity index (χ4n) is 1.70. The second kappa shape index (κ2) is 2.09. The van der Waals surface area contributed by atoms with Gasteiger partial charge in [-0.15, -0.1) is 11.3 Å². The van der Waals surface area contributed by atoms with Gasteiger partial charge in [0, 0.05) is 9.75 Å². The third-order valence-corrected chi connectivity index (χ3v) is 3.43. The Morgan fingerprint density at radius 1 is 1.60 bits per heavy atom. The highest BCUT2D eigenvalue weighted by atomic mass is 32.1. The zero-order valence-electron chi connectivity index (χ0n) is 6.48. The Hall–Kier alpha value is -0.300. The van der Waals surface area contributed by atoms with Gasteiger partial charge in [0.25, 0.3) is 0 Å². The Kier molecular flexibility index (Phi) is 1.34. The van der Waals surface area contributed by atoms with Gasteiger partial charge in [-0.3, -0.25) is 0 Å². The van der Waals surface area contributed by atoms with E-state index in [1.165, 1.54) is 17.7 Å². The first kappa shape index (κ1) is 6.41. The van der Waals surface area contributed by atoms with E-state index in [4.69, 9.17) is 0 Å². The Morgan fingerprint density at radius 3 is 3.10 bits per heavy atom. The lowest BCUT2D eigenvalue weighted by atomic mass is 10.1. The molecule has 1 atom stereocenters. The molecule has 1 aromatic heterocycles. The fourth-order valence-corrected chi connectivity index (χ4v) is 2.87. The zero-order valence-corrected chi connectivity index (χ0v) is 7.29. The molecule has 0 aromatic carbocycles. The average molecular weight is 152 g/mol. The molecule has 1 heterocycles. The molecule has 1 heteroatoms. The van der Waals surface area contributed by atoms with E-state index in [0.29, 0.717) is 0 Å². The van der Waals surface area contributed by atoms with Crippen LogP contribution in [0.5, 0.6) is 0 Å². The van der Waals surface area contributed by atoms with Gasteiger partial charge in [0.05, 0.1) is 0 Å². The number of thiophene rings is 1. The van der Waals surface area contributed by atoms with Crippen LogP contribution >= 0.6 is 11.3 Å².